The first-order valence-corrected chi connectivity index (χ1v) is 9.60. The van der Waals surface area contributed by atoms with Crippen LogP contribution >= 0.6 is 35.3 Å². The summed E-state index contributed by atoms with van der Waals surface area (Å²) < 4.78 is 2.29. The van der Waals surface area contributed by atoms with Crippen LogP contribution in [0, 0.1) is 0 Å². The molecule has 0 fully saturated rings. The van der Waals surface area contributed by atoms with Crippen molar-refractivity contribution in [1.82, 2.24) is 9.88 Å². The summed E-state index contributed by atoms with van der Waals surface area (Å²) in [6.45, 7) is 2.54. The topological polar surface area (TPSA) is 17.0 Å². The van der Waals surface area contributed by atoms with Crippen molar-refractivity contribution >= 4 is 46.2 Å². The van der Waals surface area contributed by atoms with E-state index in [2.05, 4.69) is 63.9 Å². The van der Waals surface area contributed by atoms with Crippen LogP contribution in [0.2, 0.25) is 5.02 Å². The van der Waals surface area contributed by atoms with Gasteiger partial charge >= 0.3 is 0 Å². The number of para-hydroxylation sites is 1. The molecule has 5 heteroatoms. The Labute approximate surface area is 168 Å². The minimum absolute atomic E-state index is 0. The molecule has 26 heavy (non-hydrogen) atoms. The van der Waals surface area contributed by atoms with Crippen LogP contribution in [-0.4, -0.2) is 4.57 Å². The highest BCUT2D eigenvalue weighted by atomic mass is 35.5. The summed E-state index contributed by atoms with van der Waals surface area (Å²) in [5, 5.41) is 7.79. The zero-order valence-corrected chi connectivity index (χ0v) is 16.6. The lowest BCUT2D eigenvalue weighted by atomic mass is 10.2. The van der Waals surface area contributed by atoms with E-state index in [1.165, 1.54) is 21.3 Å². The fourth-order valence-electron chi connectivity index (χ4n) is 3.14. The fourth-order valence-corrected chi connectivity index (χ4v) is 4.01. The van der Waals surface area contributed by atoms with E-state index in [0.717, 1.165) is 30.2 Å². The van der Waals surface area contributed by atoms with Crippen LogP contribution in [0.1, 0.15) is 16.0 Å². The van der Waals surface area contributed by atoms with E-state index >= 15 is 0 Å². The molecule has 1 N–H and O–H groups in total. The number of thiophene rings is 1. The largest absolute Gasteiger partial charge is 0.343 e. The molecule has 0 unspecified atom stereocenters. The van der Waals surface area contributed by atoms with Gasteiger partial charge in [0.25, 0.3) is 0 Å². The highest BCUT2D eigenvalue weighted by molar-refractivity contribution is 7.09. The molecule has 0 aliphatic rings. The number of aromatic nitrogens is 1. The molecule has 0 saturated carbocycles. The van der Waals surface area contributed by atoms with Gasteiger partial charge in [0.1, 0.15) is 0 Å². The zero-order valence-electron chi connectivity index (χ0n) is 14.2. The van der Waals surface area contributed by atoms with E-state index in [9.17, 15) is 0 Å². The number of benzene rings is 2. The first-order valence-electron chi connectivity index (χ1n) is 8.34. The predicted octanol–water partition coefficient (Wildman–Crippen LogP) is 6.12. The van der Waals surface area contributed by atoms with Crippen molar-refractivity contribution in [3.63, 3.8) is 0 Å². The van der Waals surface area contributed by atoms with E-state index in [4.69, 9.17) is 11.6 Å². The summed E-state index contributed by atoms with van der Waals surface area (Å²) in [4.78, 5) is 1.36. The Balaban J connectivity index is 0.00000196. The van der Waals surface area contributed by atoms with Crippen LogP contribution in [0.4, 0.5) is 0 Å². The Kier molecular flexibility index (Phi) is 6.38. The third kappa shape index (κ3) is 4.13. The average molecular weight is 403 g/mol. The lowest BCUT2D eigenvalue weighted by Crippen LogP contribution is -2.11. The lowest BCUT2D eigenvalue weighted by Gasteiger charge is -2.07. The standard InChI is InChI=1S/C21H19ClN2S.ClH/c22-20-9-3-1-6-16(20)14-24-15-17(19-8-2-4-10-21(19)24)12-23-13-18-7-5-11-25-18;/h1-11,15,23H,12-14H2;1H. The molecule has 0 aliphatic heterocycles. The van der Waals surface area contributed by atoms with Crippen LogP contribution in [0.3, 0.4) is 0 Å². The molecule has 2 aromatic carbocycles. The molecule has 2 nitrogen and oxygen atoms in total. The molecule has 0 aliphatic carbocycles. The maximum atomic E-state index is 6.35. The van der Waals surface area contributed by atoms with E-state index in [0.29, 0.717) is 0 Å². The Morgan fingerprint density at radius 3 is 2.50 bits per heavy atom. The summed E-state index contributed by atoms with van der Waals surface area (Å²) >= 11 is 8.14. The highest BCUT2D eigenvalue weighted by Crippen LogP contribution is 2.24. The molecule has 0 bridgehead atoms. The number of hydrogen-bond acceptors (Lipinski definition) is 2. The first-order chi connectivity index (χ1) is 12.3. The van der Waals surface area contributed by atoms with Gasteiger partial charge in [0.15, 0.2) is 0 Å². The van der Waals surface area contributed by atoms with Gasteiger partial charge in [-0.05, 0) is 34.7 Å². The van der Waals surface area contributed by atoms with Gasteiger partial charge in [0.2, 0.25) is 0 Å². The van der Waals surface area contributed by atoms with E-state index in [-0.39, 0.29) is 12.4 Å². The van der Waals surface area contributed by atoms with Gasteiger partial charge in [0, 0.05) is 46.6 Å². The second-order valence-corrected chi connectivity index (χ2v) is 7.51. The van der Waals surface area contributed by atoms with Crippen LogP contribution < -0.4 is 5.32 Å². The normalized spacial score (nSPS) is 10.8. The molecule has 4 rings (SSSR count). The number of halogens is 2. The maximum Gasteiger partial charge on any atom is 0.0491 e. The second kappa shape index (κ2) is 8.74. The molecule has 0 amide bonds. The average Bonchev–Trinajstić information content (AvgIpc) is 3.26. The maximum absolute atomic E-state index is 6.35. The number of hydrogen-bond donors (Lipinski definition) is 1. The van der Waals surface area contributed by atoms with E-state index < -0.39 is 0 Å². The lowest BCUT2D eigenvalue weighted by molar-refractivity contribution is 0.700. The molecule has 0 saturated heterocycles. The molecular formula is C21H20Cl2N2S. The van der Waals surface area contributed by atoms with Gasteiger partial charge in [-0.3, -0.25) is 0 Å². The molecule has 0 radical (unpaired) electrons. The van der Waals surface area contributed by atoms with Gasteiger partial charge < -0.3 is 9.88 Å². The monoisotopic (exact) mass is 402 g/mol. The minimum Gasteiger partial charge on any atom is -0.343 e. The number of rotatable bonds is 6. The second-order valence-electron chi connectivity index (χ2n) is 6.07. The zero-order chi connectivity index (χ0) is 17.1. The Morgan fingerprint density at radius 2 is 1.69 bits per heavy atom. The van der Waals surface area contributed by atoms with Crippen molar-refractivity contribution in [2.75, 3.05) is 0 Å². The first kappa shape index (κ1) is 19.0. The van der Waals surface area contributed by atoms with Gasteiger partial charge in [-0.1, -0.05) is 54.1 Å². The van der Waals surface area contributed by atoms with Crippen LogP contribution in [0.25, 0.3) is 10.9 Å². The van der Waals surface area contributed by atoms with Gasteiger partial charge in [-0.25, -0.2) is 0 Å². The minimum atomic E-state index is 0. The SMILES string of the molecule is Cl.Clc1ccccc1Cn1cc(CNCc2cccs2)c2ccccc21. The van der Waals surface area contributed by atoms with E-state index in [1.54, 1.807) is 11.3 Å². The van der Waals surface area contributed by atoms with Crippen molar-refractivity contribution in [3.8, 4) is 0 Å². The van der Waals surface area contributed by atoms with Crippen LogP contribution in [-0.2, 0) is 19.6 Å². The number of nitrogens with one attached hydrogen (secondary N) is 1. The quantitative estimate of drug-likeness (QED) is 0.411. The molecule has 134 valence electrons. The predicted molar refractivity (Wildman–Crippen MR) is 115 cm³/mol. The Morgan fingerprint density at radius 1 is 0.885 bits per heavy atom. The number of nitrogens with zero attached hydrogens (tertiary/aromatic N) is 1. The summed E-state index contributed by atoms with van der Waals surface area (Å²) in [7, 11) is 0. The highest BCUT2D eigenvalue weighted by Gasteiger charge is 2.09. The Hall–Kier alpha value is -1.78. The molecule has 2 heterocycles. The van der Waals surface area contributed by atoms with Gasteiger partial charge in [-0.2, -0.15) is 0 Å². The molecule has 4 aromatic rings. The summed E-state index contributed by atoms with van der Waals surface area (Å²) in [5.41, 5.74) is 3.71. The van der Waals surface area contributed by atoms with Crippen molar-refractivity contribution in [2.45, 2.75) is 19.6 Å². The third-order valence-corrected chi connectivity index (χ3v) is 5.61. The smallest absolute Gasteiger partial charge is 0.0491 e. The summed E-state index contributed by atoms with van der Waals surface area (Å²) in [5.74, 6) is 0. The van der Waals surface area contributed by atoms with Crippen LogP contribution in [0.15, 0.2) is 72.2 Å². The van der Waals surface area contributed by atoms with Gasteiger partial charge in [0.05, 0.1) is 0 Å². The van der Waals surface area contributed by atoms with Crippen molar-refractivity contribution in [1.29, 1.82) is 0 Å². The van der Waals surface area contributed by atoms with Crippen LogP contribution in [0.5, 0.6) is 0 Å². The molecule has 0 spiro atoms. The fraction of sp³-hybridized carbons (Fsp3) is 0.143. The van der Waals surface area contributed by atoms with Gasteiger partial charge in [-0.15, -0.1) is 23.7 Å². The third-order valence-electron chi connectivity index (χ3n) is 4.36. The van der Waals surface area contributed by atoms with Crippen molar-refractivity contribution < 1.29 is 0 Å². The van der Waals surface area contributed by atoms with Crippen molar-refractivity contribution in [2.24, 2.45) is 0 Å². The Bertz CT molecular complexity index is 977. The number of fused-ring (bicyclic) bond motifs is 1. The van der Waals surface area contributed by atoms with E-state index in [1.807, 2.05) is 18.2 Å². The summed E-state index contributed by atoms with van der Waals surface area (Å²) in [6.07, 6.45) is 2.25. The molecular weight excluding hydrogens is 383 g/mol. The summed E-state index contributed by atoms with van der Waals surface area (Å²) in [6, 6.07) is 20.9. The molecule has 0 atom stereocenters. The molecule has 2 aromatic heterocycles. The van der Waals surface area contributed by atoms with Crippen molar-refractivity contribution in [3.05, 3.63) is 93.3 Å².